The number of esters is 1. The molecule has 0 atom stereocenters. The molecule has 82 valence electrons. The van der Waals surface area contributed by atoms with Crippen LogP contribution < -0.4 is 5.32 Å². The van der Waals surface area contributed by atoms with Crippen LogP contribution in [0.4, 0.5) is 0 Å². The van der Waals surface area contributed by atoms with Crippen molar-refractivity contribution in [1.82, 2.24) is 5.32 Å². The lowest BCUT2D eigenvalue weighted by atomic mass is 10.0. The van der Waals surface area contributed by atoms with E-state index in [1.54, 1.807) is 0 Å². The smallest absolute Gasteiger partial charge is 0.332 e. The summed E-state index contributed by atoms with van der Waals surface area (Å²) in [5.41, 5.74) is -0.170. The molecule has 1 saturated heterocycles. The number of nitrogens with one attached hydrogen (secondary N) is 1. The quantitative estimate of drug-likeness (QED) is 0.660. The predicted molar refractivity (Wildman–Crippen MR) is 53.0 cm³/mol. The van der Waals surface area contributed by atoms with Gasteiger partial charge < -0.3 is 14.8 Å². The van der Waals surface area contributed by atoms with Crippen molar-refractivity contribution in [3.05, 3.63) is 0 Å². The topological polar surface area (TPSA) is 47.6 Å². The van der Waals surface area contributed by atoms with Gasteiger partial charge in [0.25, 0.3) is 0 Å². The lowest BCUT2D eigenvalue weighted by Crippen LogP contribution is -2.59. The molecule has 1 fully saturated rings. The van der Waals surface area contributed by atoms with Gasteiger partial charge in [0.1, 0.15) is 6.61 Å². The van der Waals surface area contributed by atoms with Gasteiger partial charge in [-0.2, -0.15) is 0 Å². The van der Waals surface area contributed by atoms with Crippen LogP contribution >= 0.6 is 0 Å². The van der Waals surface area contributed by atoms with Crippen molar-refractivity contribution in [3.63, 3.8) is 0 Å². The minimum absolute atomic E-state index is 0.0604. The predicted octanol–water partition coefficient (Wildman–Crippen LogP) is 0.564. The molecule has 0 unspecified atom stereocenters. The highest BCUT2D eigenvalue weighted by atomic mass is 16.6. The Morgan fingerprint density at radius 3 is 2.57 bits per heavy atom. The van der Waals surface area contributed by atoms with Crippen molar-refractivity contribution < 1.29 is 14.3 Å². The first-order valence-corrected chi connectivity index (χ1v) is 5.02. The Balaban J connectivity index is 2.08. The first kappa shape index (κ1) is 11.5. The van der Waals surface area contributed by atoms with Crippen LogP contribution in [0, 0.1) is 5.92 Å². The van der Waals surface area contributed by atoms with Crippen LogP contribution in [0.15, 0.2) is 0 Å². The second-order valence-corrected chi connectivity index (χ2v) is 4.42. The molecule has 1 aliphatic heterocycles. The molecule has 0 aliphatic carbocycles. The van der Waals surface area contributed by atoms with E-state index in [2.05, 4.69) is 5.32 Å². The SMILES string of the molecule is CC(C)COC(=O)COC1(C)CNC1. The third-order valence-electron chi connectivity index (χ3n) is 2.11. The Labute approximate surface area is 85.0 Å². The van der Waals surface area contributed by atoms with E-state index < -0.39 is 0 Å². The second kappa shape index (κ2) is 4.75. The summed E-state index contributed by atoms with van der Waals surface area (Å²) >= 11 is 0. The van der Waals surface area contributed by atoms with E-state index in [9.17, 15) is 4.79 Å². The summed E-state index contributed by atoms with van der Waals surface area (Å²) in [6.07, 6.45) is 0. The van der Waals surface area contributed by atoms with E-state index in [0.717, 1.165) is 13.1 Å². The standard InChI is InChI=1S/C10H19NO3/c1-8(2)4-13-9(12)5-14-10(3)6-11-7-10/h8,11H,4-7H2,1-3H3. The number of carbonyl (C=O) groups excluding carboxylic acids is 1. The normalized spacial score (nSPS) is 19.1. The van der Waals surface area contributed by atoms with E-state index >= 15 is 0 Å². The number of hydrogen-bond donors (Lipinski definition) is 1. The summed E-state index contributed by atoms with van der Waals surface area (Å²) in [7, 11) is 0. The Morgan fingerprint density at radius 2 is 2.14 bits per heavy atom. The van der Waals surface area contributed by atoms with Crippen LogP contribution in [0.1, 0.15) is 20.8 Å². The fourth-order valence-electron chi connectivity index (χ4n) is 1.11. The molecule has 0 aromatic rings. The average molecular weight is 201 g/mol. The van der Waals surface area contributed by atoms with E-state index in [-0.39, 0.29) is 18.2 Å². The maximum atomic E-state index is 11.2. The van der Waals surface area contributed by atoms with Gasteiger partial charge in [0, 0.05) is 13.1 Å². The zero-order chi connectivity index (χ0) is 10.6. The molecule has 4 nitrogen and oxygen atoms in total. The van der Waals surface area contributed by atoms with Gasteiger partial charge in [-0.3, -0.25) is 0 Å². The fourth-order valence-corrected chi connectivity index (χ4v) is 1.11. The highest BCUT2D eigenvalue weighted by molar-refractivity contribution is 5.70. The molecule has 0 spiro atoms. The first-order valence-electron chi connectivity index (χ1n) is 5.02. The lowest BCUT2D eigenvalue weighted by molar-refractivity contribution is -0.159. The molecular weight excluding hydrogens is 182 g/mol. The zero-order valence-electron chi connectivity index (χ0n) is 9.13. The Bertz CT molecular complexity index is 200. The maximum absolute atomic E-state index is 11.2. The largest absolute Gasteiger partial charge is 0.464 e. The fraction of sp³-hybridized carbons (Fsp3) is 0.900. The number of hydrogen-bond acceptors (Lipinski definition) is 4. The van der Waals surface area contributed by atoms with Gasteiger partial charge in [0.2, 0.25) is 0 Å². The molecule has 1 N–H and O–H groups in total. The monoisotopic (exact) mass is 201 g/mol. The molecular formula is C10H19NO3. The summed E-state index contributed by atoms with van der Waals surface area (Å²) in [6.45, 7) is 8.15. The molecule has 1 aliphatic rings. The molecule has 0 amide bonds. The molecule has 0 aromatic heterocycles. The molecule has 0 aromatic carbocycles. The van der Waals surface area contributed by atoms with Crippen LogP contribution in [-0.2, 0) is 14.3 Å². The van der Waals surface area contributed by atoms with Crippen molar-refractivity contribution in [3.8, 4) is 0 Å². The van der Waals surface area contributed by atoms with E-state index in [4.69, 9.17) is 9.47 Å². The number of carbonyl (C=O) groups is 1. The summed E-state index contributed by atoms with van der Waals surface area (Å²) in [6, 6.07) is 0. The van der Waals surface area contributed by atoms with Crippen LogP contribution in [0.2, 0.25) is 0 Å². The van der Waals surface area contributed by atoms with Crippen LogP contribution in [0.25, 0.3) is 0 Å². The van der Waals surface area contributed by atoms with Crippen LogP contribution in [0.5, 0.6) is 0 Å². The van der Waals surface area contributed by atoms with Gasteiger partial charge in [-0.05, 0) is 12.8 Å². The van der Waals surface area contributed by atoms with Gasteiger partial charge in [-0.1, -0.05) is 13.8 Å². The minimum atomic E-state index is -0.271. The summed E-state index contributed by atoms with van der Waals surface area (Å²) < 4.78 is 10.4. The van der Waals surface area contributed by atoms with Gasteiger partial charge in [0.05, 0.1) is 12.2 Å². The summed E-state index contributed by atoms with van der Waals surface area (Å²) in [4.78, 5) is 11.2. The highest BCUT2D eigenvalue weighted by Gasteiger charge is 2.33. The maximum Gasteiger partial charge on any atom is 0.332 e. The van der Waals surface area contributed by atoms with E-state index in [0.29, 0.717) is 12.5 Å². The van der Waals surface area contributed by atoms with Gasteiger partial charge >= 0.3 is 5.97 Å². The van der Waals surface area contributed by atoms with Crippen molar-refractivity contribution >= 4 is 5.97 Å². The minimum Gasteiger partial charge on any atom is -0.464 e. The second-order valence-electron chi connectivity index (χ2n) is 4.42. The first-order chi connectivity index (χ1) is 6.52. The molecule has 14 heavy (non-hydrogen) atoms. The van der Waals surface area contributed by atoms with Gasteiger partial charge in [-0.25, -0.2) is 4.79 Å². The van der Waals surface area contributed by atoms with Crippen LogP contribution in [0.3, 0.4) is 0 Å². The van der Waals surface area contributed by atoms with Gasteiger partial charge in [-0.15, -0.1) is 0 Å². The number of ether oxygens (including phenoxy) is 2. The Kier molecular flexibility index (Phi) is 3.89. The molecule has 1 heterocycles. The van der Waals surface area contributed by atoms with Crippen molar-refractivity contribution in [2.45, 2.75) is 26.4 Å². The zero-order valence-corrected chi connectivity index (χ0v) is 9.13. The molecule has 4 heteroatoms. The van der Waals surface area contributed by atoms with E-state index in [1.165, 1.54) is 0 Å². The molecule has 0 saturated carbocycles. The Morgan fingerprint density at radius 1 is 1.50 bits per heavy atom. The highest BCUT2D eigenvalue weighted by Crippen LogP contribution is 2.14. The Hall–Kier alpha value is -0.610. The van der Waals surface area contributed by atoms with Crippen molar-refractivity contribution in [2.75, 3.05) is 26.3 Å². The average Bonchev–Trinajstić information content (AvgIpc) is 2.08. The molecule has 0 radical (unpaired) electrons. The number of rotatable bonds is 5. The van der Waals surface area contributed by atoms with Crippen molar-refractivity contribution in [2.24, 2.45) is 5.92 Å². The molecule has 1 rings (SSSR count). The summed E-state index contributed by atoms with van der Waals surface area (Å²) in [5, 5.41) is 3.10. The van der Waals surface area contributed by atoms with Gasteiger partial charge in [0.15, 0.2) is 0 Å². The third-order valence-corrected chi connectivity index (χ3v) is 2.11. The molecule has 0 bridgehead atoms. The van der Waals surface area contributed by atoms with Crippen LogP contribution in [-0.4, -0.2) is 37.9 Å². The lowest BCUT2D eigenvalue weighted by Gasteiger charge is -2.38. The van der Waals surface area contributed by atoms with E-state index in [1.807, 2.05) is 20.8 Å². The third kappa shape index (κ3) is 3.64. The summed E-state index contributed by atoms with van der Waals surface area (Å²) in [5.74, 6) is 0.103. The van der Waals surface area contributed by atoms with Crippen molar-refractivity contribution in [1.29, 1.82) is 0 Å².